The third-order valence-corrected chi connectivity index (χ3v) is 4.05. The molecular weight excluding hydrogens is 278 g/mol. The van der Waals surface area contributed by atoms with Crippen molar-refractivity contribution < 1.29 is 4.52 Å². The molecule has 118 valence electrons. The van der Waals surface area contributed by atoms with Gasteiger partial charge in [0.15, 0.2) is 0 Å². The lowest BCUT2D eigenvalue weighted by Gasteiger charge is -2.24. The summed E-state index contributed by atoms with van der Waals surface area (Å²) in [4.78, 5) is 13.6. The first kappa shape index (κ1) is 15.0. The van der Waals surface area contributed by atoms with Crippen molar-refractivity contribution in [1.82, 2.24) is 20.0 Å². The van der Waals surface area contributed by atoms with Crippen molar-refractivity contribution in [2.45, 2.75) is 39.3 Å². The Kier molecular flexibility index (Phi) is 4.11. The normalized spacial score (nSPS) is 18.8. The van der Waals surface area contributed by atoms with Crippen molar-refractivity contribution in [2.75, 3.05) is 25.5 Å². The van der Waals surface area contributed by atoms with E-state index >= 15 is 0 Å². The molecule has 0 N–H and O–H groups in total. The van der Waals surface area contributed by atoms with Crippen LogP contribution in [0.2, 0.25) is 0 Å². The number of aromatic nitrogens is 3. The Balaban J connectivity index is 1.83. The van der Waals surface area contributed by atoms with E-state index in [1.54, 1.807) is 0 Å². The number of anilines is 1. The van der Waals surface area contributed by atoms with Crippen LogP contribution in [-0.4, -0.2) is 40.7 Å². The maximum Gasteiger partial charge on any atom is 0.133 e. The van der Waals surface area contributed by atoms with E-state index in [-0.39, 0.29) is 0 Å². The van der Waals surface area contributed by atoms with Crippen LogP contribution in [0.15, 0.2) is 16.7 Å². The second-order valence-corrected chi connectivity index (χ2v) is 6.15. The van der Waals surface area contributed by atoms with Crippen molar-refractivity contribution >= 4 is 5.82 Å². The average Bonchev–Trinajstić information content (AvgIpc) is 3.08. The second-order valence-electron chi connectivity index (χ2n) is 6.15. The Bertz CT molecular complexity index is 652. The monoisotopic (exact) mass is 301 g/mol. The van der Waals surface area contributed by atoms with Crippen LogP contribution in [0.4, 0.5) is 5.82 Å². The van der Waals surface area contributed by atoms with Gasteiger partial charge >= 0.3 is 0 Å². The van der Waals surface area contributed by atoms with Gasteiger partial charge in [-0.2, -0.15) is 0 Å². The summed E-state index contributed by atoms with van der Waals surface area (Å²) in [6, 6.07) is 4.44. The highest BCUT2D eigenvalue weighted by Crippen LogP contribution is 2.33. The Morgan fingerprint density at radius 1 is 1.27 bits per heavy atom. The van der Waals surface area contributed by atoms with Gasteiger partial charge in [-0.3, -0.25) is 4.90 Å². The lowest BCUT2D eigenvalue weighted by atomic mass is 10.1. The number of hydrogen-bond acceptors (Lipinski definition) is 6. The lowest BCUT2D eigenvalue weighted by Crippen LogP contribution is -2.24. The summed E-state index contributed by atoms with van der Waals surface area (Å²) in [5.74, 6) is 2.65. The summed E-state index contributed by atoms with van der Waals surface area (Å²) in [5.41, 5.74) is 2.09. The molecule has 0 bridgehead atoms. The topological polar surface area (TPSA) is 58.3 Å². The molecule has 1 fully saturated rings. The SMILES string of the molecule is Cc1nc(C2CCCN2Cc2cc(C)on2)cc(N(C)C)n1. The molecule has 0 spiro atoms. The van der Waals surface area contributed by atoms with E-state index in [1.807, 2.05) is 38.9 Å². The highest BCUT2D eigenvalue weighted by atomic mass is 16.5. The molecule has 1 atom stereocenters. The van der Waals surface area contributed by atoms with Crippen molar-refractivity contribution in [3.05, 3.63) is 35.1 Å². The smallest absolute Gasteiger partial charge is 0.133 e. The van der Waals surface area contributed by atoms with Gasteiger partial charge in [0, 0.05) is 32.8 Å². The van der Waals surface area contributed by atoms with Gasteiger partial charge in [0.05, 0.1) is 17.4 Å². The zero-order valence-electron chi connectivity index (χ0n) is 13.7. The zero-order chi connectivity index (χ0) is 15.7. The molecule has 22 heavy (non-hydrogen) atoms. The number of aryl methyl sites for hydroxylation is 2. The fourth-order valence-electron chi connectivity index (χ4n) is 3.03. The number of nitrogens with zero attached hydrogens (tertiary/aromatic N) is 5. The molecule has 2 aromatic heterocycles. The third kappa shape index (κ3) is 3.11. The molecule has 0 saturated carbocycles. The summed E-state index contributed by atoms with van der Waals surface area (Å²) in [5, 5.41) is 4.11. The molecule has 2 aromatic rings. The molecule has 6 heteroatoms. The summed E-state index contributed by atoms with van der Waals surface area (Å²) in [7, 11) is 4.02. The fourth-order valence-corrected chi connectivity index (χ4v) is 3.03. The Morgan fingerprint density at radius 3 is 2.77 bits per heavy atom. The lowest BCUT2D eigenvalue weighted by molar-refractivity contribution is 0.236. The minimum absolute atomic E-state index is 0.331. The standard InChI is InChI=1S/C16H23N5O/c1-11-8-13(19-22-11)10-21-7-5-6-15(21)14-9-16(20(3)4)18-12(2)17-14/h8-9,15H,5-7,10H2,1-4H3. The average molecular weight is 301 g/mol. The molecule has 0 aliphatic carbocycles. The maximum atomic E-state index is 5.18. The summed E-state index contributed by atoms with van der Waals surface area (Å²) >= 11 is 0. The van der Waals surface area contributed by atoms with Gasteiger partial charge in [-0.25, -0.2) is 9.97 Å². The Morgan fingerprint density at radius 2 is 2.09 bits per heavy atom. The van der Waals surface area contributed by atoms with E-state index in [9.17, 15) is 0 Å². The first-order valence-corrected chi connectivity index (χ1v) is 7.72. The first-order valence-electron chi connectivity index (χ1n) is 7.72. The van der Waals surface area contributed by atoms with Gasteiger partial charge in [0.1, 0.15) is 17.4 Å². The van der Waals surface area contributed by atoms with Crippen molar-refractivity contribution in [3.8, 4) is 0 Å². The quantitative estimate of drug-likeness (QED) is 0.864. The predicted molar refractivity (Wildman–Crippen MR) is 84.7 cm³/mol. The highest BCUT2D eigenvalue weighted by Gasteiger charge is 2.28. The van der Waals surface area contributed by atoms with Crippen LogP contribution in [0.5, 0.6) is 0 Å². The number of rotatable bonds is 4. The van der Waals surface area contributed by atoms with E-state index < -0.39 is 0 Å². The van der Waals surface area contributed by atoms with Crippen molar-refractivity contribution in [3.63, 3.8) is 0 Å². The molecule has 6 nitrogen and oxygen atoms in total. The summed E-state index contributed by atoms with van der Waals surface area (Å²) in [6.07, 6.45) is 2.31. The van der Waals surface area contributed by atoms with Gasteiger partial charge < -0.3 is 9.42 Å². The second kappa shape index (κ2) is 6.04. The molecule has 1 aliphatic rings. The van der Waals surface area contributed by atoms with Crippen molar-refractivity contribution in [2.24, 2.45) is 0 Å². The number of hydrogen-bond donors (Lipinski definition) is 0. The fraction of sp³-hybridized carbons (Fsp3) is 0.562. The summed E-state index contributed by atoms with van der Waals surface area (Å²) < 4.78 is 5.18. The Labute approximate surface area is 131 Å². The molecule has 1 saturated heterocycles. The zero-order valence-corrected chi connectivity index (χ0v) is 13.7. The minimum atomic E-state index is 0.331. The van der Waals surface area contributed by atoms with Gasteiger partial charge in [0.25, 0.3) is 0 Å². The van der Waals surface area contributed by atoms with E-state index in [4.69, 9.17) is 4.52 Å². The van der Waals surface area contributed by atoms with E-state index in [2.05, 4.69) is 26.1 Å². The van der Waals surface area contributed by atoms with E-state index in [0.717, 1.165) is 48.3 Å². The van der Waals surface area contributed by atoms with Crippen molar-refractivity contribution in [1.29, 1.82) is 0 Å². The van der Waals surface area contributed by atoms with E-state index in [1.165, 1.54) is 6.42 Å². The summed E-state index contributed by atoms with van der Waals surface area (Å²) in [6.45, 7) is 5.76. The molecule has 1 unspecified atom stereocenters. The van der Waals surface area contributed by atoms with Crippen LogP contribution in [0.1, 0.15) is 41.9 Å². The molecule has 0 amide bonds. The van der Waals surface area contributed by atoms with Crippen LogP contribution < -0.4 is 4.90 Å². The molecule has 3 rings (SSSR count). The molecule has 0 aromatic carbocycles. The number of likely N-dealkylation sites (tertiary alicyclic amines) is 1. The van der Waals surface area contributed by atoms with Gasteiger partial charge in [-0.05, 0) is 33.2 Å². The van der Waals surface area contributed by atoms with Crippen LogP contribution in [0.25, 0.3) is 0 Å². The van der Waals surface area contributed by atoms with E-state index in [0.29, 0.717) is 6.04 Å². The van der Waals surface area contributed by atoms with Crippen LogP contribution >= 0.6 is 0 Å². The first-order chi connectivity index (χ1) is 10.5. The van der Waals surface area contributed by atoms with Crippen LogP contribution in [-0.2, 0) is 6.54 Å². The largest absolute Gasteiger partial charge is 0.363 e. The Hall–Kier alpha value is -1.95. The van der Waals surface area contributed by atoms with Gasteiger partial charge in [0.2, 0.25) is 0 Å². The van der Waals surface area contributed by atoms with Crippen LogP contribution in [0.3, 0.4) is 0 Å². The maximum absolute atomic E-state index is 5.18. The van der Waals surface area contributed by atoms with Gasteiger partial charge in [-0.1, -0.05) is 5.16 Å². The molecule has 1 aliphatic heterocycles. The predicted octanol–water partition coefficient (Wildman–Crippen LogP) is 2.48. The third-order valence-electron chi connectivity index (χ3n) is 4.05. The van der Waals surface area contributed by atoms with Gasteiger partial charge in [-0.15, -0.1) is 0 Å². The molecule has 3 heterocycles. The van der Waals surface area contributed by atoms with Crippen LogP contribution in [0, 0.1) is 13.8 Å². The highest BCUT2D eigenvalue weighted by molar-refractivity contribution is 5.38. The molecular formula is C16H23N5O. The minimum Gasteiger partial charge on any atom is -0.363 e. The molecule has 0 radical (unpaired) electrons.